The van der Waals surface area contributed by atoms with Crippen LogP contribution in [0.5, 0.6) is 0 Å². The van der Waals surface area contributed by atoms with Crippen molar-refractivity contribution in [3.8, 4) is 0 Å². The van der Waals surface area contributed by atoms with Crippen molar-refractivity contribution in [1.82, 2.24) is 5.16 Å². The van der Waals surface area contributed by atoms with E-state index in [2.05, 4.69) is 15.8 Å². The van der Waals surface area contributed by atoms with E-state index in [4.69, 9.17) is 4.52 Å². The van der Waals surface area contributed by atoms with Crippen LogP contribution >= 0.6 is 23.5 Å². The van der Waals surface area contributed by atoms with Crippen molar-refractivity contribution in [1.29, 1.82) is 0 Å². The van der Waals surface area contributed by atoms with Crippen LogP contribution in [-0.4, -0.2) is 28.5 Å². The van der Waals surface area contributed by atoms with E-state index in [9.17, 15) is 9.59 Å². The highest BCUT2D eigenvalue weighted by Gasteiger charge is 2.19. The monoisotopic (exact) mass is 363 g/mol. The zero-order chi connectivity index (χ0) is 16.9. The van der Waals surface area contributed by atoms with Gasteiger partial charge in [-0.1, -0.05) is 17.3 Å². The molecule has 1 fully saturated rings. The molecule has 2 heterocycles. The van der Waals surface area contributed by atoms with Crippen molar-refractivity contribution in [3.05, 3.63) is 41.7 Å². The summed E-state index contributed by atoms with van der Waals surface area (Å²) < 4.78 is 5.22. The molecule has 1 aromatic carbocycles. The fourth-order valence-corrected chi connectivity index (χ4v) is 5.10. The van der Waals surface area contributed by atoms with E-state index < -0.39 is 11.8 Å². The number of nitrogens with zero attached hydrogens (tertiary/aromatic N) is 1. The van der Waals surface area contributed by atoms with E-state index in [0.29, 0.717) is 16.0 Å². The molecule has 0 saturated carbocycles. The molecule has 0 aliphatic carbocycles. The molecule has 2 amide bonds. The molecule has 8 heteroatoms. The molecule has 0 atom stereocenters. The maximum atomic E-state index is 12.0. The summed E-state index contributed by atoms with van der Waals surface area (Å²) in [6.07, 6.45) is 1.23. The third kappa shape index (κ3) is 4.33. The molecule has 0 unspecified atom stereocenters. The first kappa shape index (κ1) is 16.9. The normalized spacial score (nSPS) is 15.0. The van der Waals surface area contributed by atoms with E-state index in [-0.39, 0.29) is 5.82 Å². The number of rotatable bonds is 3. The highest BCUT2D eigenvalue weighted by Crippen LogP contribution is 2.43. The van der Waals surface area contributed by atoms with Crippen molar-refractivity contribution in [2.24, 2.45) is 0 Å². The molecule has 1 aliphatic heterocycles. The van der Waals surface area contributed by atoms with Gasteiger partial charge in [0.05, 0.1) is 4.58 Å². The lowest BCUT2D eigenvalue weighted by Crippen LogP contribution is -2.29. The first-order chi connectivity index (χ1) is 11.6. The lowest BCUT2D eigenvalue weighted by molar-refractivity contribution is -0.133. The number of hydrogen-bond donors (Lipinski definition) is 2. The highest BCUT2D eigenvalue weighted by atomic mass is 32.2. The minimum atomic E-state index is -0.782. The minimum Gasteiger partial charge on any atom is -0.360 e. The average Bonchev–Trinajstić information content (AvgIpc) is 3.00. The first-order valence-corrected chi connectivity index (χ1v) is 9.60. The number of thioether (sulfide) groups is 2. The van der Waals surface area contributed by atoms with Crippen molar-refractivity contribution >= 4 is 46.8 Å². The largest absolute Gasteiger partial charge is 0.360 e. The van der Waals surface area contributed by atoms with Gasteiger partial charge in [-0.15, -0.1) is 23.5 Å². The molecule has 0 bridgehead atoms. The quantitative estimate of drug-likeness (QED) is 0.813. The van der Waals surface area contributed by atoms with Crippen LogP contribution in [0.1, 0.15) is 22.3 Å². The molecule has 6 nitrogen and oxygen atoms in total. The number of aryl methyl sites for hydroxylation is 1. The molecular formula is C16H17N3O3S2. The van der Waals surface area contributed by atoms with Gasteiger partial charge in [0.2, 0.25) is 0 Å². The van der Waals surface area contributed by atoms with Gasteiger partial charge in [-0.05, 0) is 42.5 Å². The summed E-state index contributed by atoms with van der Waals surface area (Å²) in [6.45, 7) is 1.70. The fourth-order valence-electron chi connectivity index (χ4n) is 2.23. The Labute approximate surface area is 148 Å². The van der Waals surface area contributed by atoms with E-state index >= 15 is 0 Å². The lowest BCUT2D eigenvalue weighted by atomic mass is 10.2. The van der Waals surface area contributed by atoms with Crippen LogP contribution in [0.25, 0.3) is 0 Å². The maximum absolute atomic E-state index is 12.0. The van der Waals surface area contributed by atoms with Gasteiger partial charge in [-0.3, -0.25) is 14.9 Å². The first-order valence-electron chi connectivity index (χ1n) is 7.50. The Morgan fingerprint density at radius 1 is 1.17 bits per heavy atom. The Bertz CT molecular complexity index is 742. The summed E-state index contributed by atoms with van der Waals surface area (Å²) in [5.74, 6) is 1.55. The second-order valence-corrected chi connectivity index (χ2v) is 8.01. The SMILES string of the molecule is Cc1cc(NC(=O)C(=O)Nc2cccc(C3SCCCS3)c2)no1. The summed E-state index contributed by atoms with van der Waals surface area (Å²) in [4.78, 5) is 23.9. The standard InChI is InChI=1S/C16H17N3O3S2/c1-10-8-13(19-22-10)18-15(21)14(20)17-12-5-2-4-11(9-12)16-23-6-3-7-24-16/h2,4-5,8-9,16H,3,6-7H2,1H3,(H,17,20)(H,18,19,21). The second kappa shape index (κ2) is 7.76. The van der Waals surface area contributed by atoms with E-state index in [1.165, 1.54) is 6.42 Å². The van der Waals surface area contributed by atoms with Crippen LogP contribution in [0.15, 0.2) is 34.9 Å². The molecule has 2 N–H and O–H groups in total. The number of carbonyl (C=O) groups is 2. The molecule has 1 saturated heterocycles. The molecule has 0 spiro atoms. The summed E-state index contributed by atoms with van der Waals surface area (Å²) in [6, 6.07) is 9.17. The number of carbonyl (C=O) groups excluding carboxylic acids is 2. The van der Waals surface area contributed by atoms with Gasteiger partial charge >= 0.3 is 11.8 Å². The number of aromatic nitrogens is 1. The van der Waals surface area contributed by atoms with Gasteiger partial charge < -0.3 is 9.84 Å². The van der Waals surface area contributed by atoms with Crippen LogP contribution < -0.4 is 10.6 Å². The summed E-state index contributed by atoms with van der Waals surface area (Å²) >= 11 is 3.81. The Balaban J connectivity index is 1.62. The number of nitrogens with one attached hydrogen (secondary N) is 2. The van der Waals surface area contributed by atoms with E-state index in [1.54, 1.807) is 19.1 Å². The zero-order valence-electron chi connectivity index (χ0n) is 13.1. The van der Waals surface area contributed by atoms with Crippen LogP contribution in [0.3, 0.4) is 0 Å². The molecule has 126 valence electrons. The number of amides is 2. The third-order valence-electron chi connectivity index (χ3n) is 3.32. The van der Waals surface area contributed by atoms with Gasteiger partial charge in [-0.2, -0.15) is 0 Å². The Morgan fingerprint density at radius 3 is 2.62 bits per heavy atom. The highest BCUT2D eigenvalue weighted by molar-refractivity contribution is 8.16. The molecule has 24 heavy (non-hydrogen) atoms. The summed E-state index contributed by atoms with van der Waals surface area (Å²) in [7, 11) is 0. The second-order valence-electron chi connectivity index (χ2n) is 5.28. The predicted molar refractivity (Wildman–Crippen MR) is 97.2 cm³/mol. The van der Waals surface area contributed by atoms with Gasteiger partial charge in [0.1, 0.15) is 5.76 Å². The zero-order valence-corrected chi connectivity index (χ0v) is 14.7. The van der Waals surface area contributed by atoms with Crippen LogP contribution in [0, 0.1) is 6.92 Å². The van der Waals surface area contributed by atoms with E-state index in [1.807, 2.05) is 41.7 Å². The van der Waals surface area contributed by atoms with Gasteiger partial charge in [-0.25, -0.2) is 0 Å². The van der Waals surface area contributed by atoms with Crippen LogP contribution in [-0.2, 0) is 9.59 Å². The maximum Gasteiger partial charge on any atom is 0.315 e. The topological polar surface area (TPSA) is 84.2 Å². The number of anilines is 2. The molecule has 0 radical (unpaired) electrons. The molecular weight excluding hydrogens is 346 g/mol. The van der Waals surface area contributed by atoms with Crippen molar-refractivity contribution in [2.45, 2.75) is 17.9 Å². The number of benzene rings is 1. The van der Waals surface area contributed by atoms with Crippen LogP contribution in [0.4, 0.5) is 11.5 Å². The Morgan fingerprint density at radius 2 is 1.92 bits per heavy atom. The molecule has 3 rings (SSSR count). The summed E-state index contributed by atoms with van der Waals surface area (Å²) in [5.41, 5.74) is 1.76. The predicted octanol–water partition coefficient (Wildman–Crippen LogP) is 3.43. The third-order valence-corrected chi connectivity index (χ3v) is 6.33. The molecule has 1 aromatic heterocycles. The average molecular weight is 363 g/mol. The lowest BCUT2D eigenvalue weighted by Gasteiger charge is -2.21. The summed E-state index contributed by atoms with van der Waals surface area (Å²) in [5, 5.41) is 8.65. The smallest absolute Gasteiger partial charge is 0.315 e. The van der Waals surface area contributed by atoms with Gasteiger partial charge in [0, 0.05) is 11.8 Å². The Kier molecular flexibility index (Phi) is 5.47. The van der Waals surface area contributed by atoms with Gasteiger partial charge in [0.15, 0.2) is 5.82 Å². The minimum absolute atomic E-state index is 0.219. The van der Waals surface area contributed by atoms with Crippen LogP contribution in [0.2, 0.25) is 0 Å². The van der Waals surface area contributed by atoms with Crippen molar-refractivity contribution in [2.75, 3.05) is 22.1 Å². The van der Waals surface area contributed by atoms with Crippen molar-refractivity contribution < 1.29 is 14.1 Å². The molecule has 2 aromatic rings. The van der Waals surface area contributed by atoms with E-state index in [0.717, 1.165) is 17.1 Å². The fraction of sp³-hybridized carbons (Fsp3) is 0.312. The Hall–Kier alpha value is -1.93. The van der Waals surface area contributed by atoms with Gasteiger partial charge in [0.25, 0.3) is 0 Å². The van der Waals surface area contributed by atoms with Crippen molar-refractivity contribution in [3.63, 3.8) is 0 Å². The number of hydrogen-bond acceptors (Lipinski definition) is 6. The molecule has 1 aliphatic rings.